The van der Waals surface area contributed by atoms with Gasteiger partial charge in [-0.25, -0.2) is 4.98 Å². The van der Waals surface area contributed by atoms with Crippen LogP contribution < -0.4 is 10.6 Å². The first kappa shape index (κ1) is 12.7. The molecule has 4 heteroatoms. The molecule has 0 aliphatic carbocycles. The van der Waals surface area contributed by atoms with E-state index >= 15 is 0 Å². The minimum atomic E-state index is 0.580. The summed E-state index contributed by atoms with van der Waals surface area (Å²) in [6.07, 6.45) is 3.80. The molecule has 0 aromatic carbocycles. The van der Waals surface area contributed by atoms with Gasteiger partial charge in [-0.2, -0.15) is 0 Å². The van der Waals surface area contributed by atoms with Gasteiger partial charge in [0, 0.05) is 19.1 Å². The topological polar surface area (TPSA) is 40.2 Å². The van der Waals surface area contributed by atoms with E-state index in [1.165, 1.54) is 32.5 Å². The zero-order valence-electron chi connectivity index (χ0n) is 11.7. The highest BCUT2D eigenvalue weighted by molar-refractivity contribution is 5.45. The van der Waals surface area contributed by atoms with Crippen LogP contribution in [0.15, 0.2) is 18.2 Å². The second kappa shape index (κ2) is 5.78. The number of rotatable bonds is 5. The van der Waals surface area contributed by atoms with E-state index in [2.05, 4.69) is 39.6 Å². The minimum Gasteiger partial charge on any atom is -0.370 e. The number of fused-ring (bicyclic) bond motifs is 3. The number of nitrogens with zero attached hydrogens (tertiary/aromatic N) is 2. The van der Waals surface area contributed by atoms with Gasteiger partial charge in [-0.15, -0.1) is 0 Å². The molecule has 1 unspecified atom stereocenters. The first-order valence-corrected chi connectivity index (χ1v) is 7.55. The third kappa shape index (κ3) is 3.00. The van der Waals surface area contributed by atoms with Crippen LogP contribution in [0.1, 0.15) is 26.2 Å². The van der Waals surface area contributed by atoms with Crippen molar-refractivity contribution in [2.75, 3.05) is 36.8 Å². The summed E-state index contributed by atoms with van der Waals surface area (Å²) in [5, 5.41) is 6.98. The quantitative estimate of drug-likeness (QED) is 0.853. The van der Waals surface area contributed by atoms with Crippen molar-refractivity contribution in [3.8, 4) is 0 Å². The molecule has 0 radical (unpaired) electrons. The number of aromatic nitrogens is 1. The molecule has 3 aliphatic rings. The van der Waals surface area contributed by atoms with Gasteiger partial charge >= 0.3 is 0 Å². The second-order valence-electron chi connectivity index (χ2n) is 5.72. The fourth-order valence-electron chi connectivity index (χ4n) is 3.19. The van der Waals surface area contributed by atoms with Crippen molar-refractivity contribution in [3.63, 3.8) is 0 Å². The van der Waals surface area contributed by atoms with E-state index in [4.69, 9.17) is 0 Å². The Bertz CT molecular complexity index is 412. The van der Waals surface area contributed by atoms with Crippen LogP contribution in [0.4, 0.5) is 11.6 Å². The standard InChI is InChI=1S/C15H24N4/c1-2-8-16-14-4-3-5-15(18-14)17-13-11-19-9-6-12(13)7-10-19/h3-5,12-13H,2,6-11H2,1H3,(H2,16,17,18). The number of nitrogens with one attached hydrogen (secondary N) is 2. The highest BCUT2D eigenvalue weighted by atomic mass is 15.2. The number of hydrogen-bond acceptors (Lipinski definition) is 4. The van der Waals surface area contributed by atoms with E-state index in [9.17, 15) is 0 Å². The molecule has 1 aromatic heterocycles. The zero-order valence-corrected chi connectivity index (χ0v) is 11.7. The summed E-state index contributed by atoms with van der Waals surface area (Å²) in [5.41, 5.74) is 0. The fourth-order valence-corrected chi connectivity index (χ4v) is 3.19. The van der Waals surface area contributed by atoms with Crippen LogP contribution >= 0.6 is 0 Å². The average Bonchev–Trinajstić information content (AvgIpc) is 2.47. The van der Waals surface area contributed by atoms with Crippen LogP contribution in [0.25, 0.3) is 0 Å². The maximum atomic E-state index is 4.65. The Labute approximate surface area is 115 Å². The normalized spacial score (nSPS) is 29.2. The number of anilines is 2. The first-order valence-electron chi connectivity index (χ1n) is 7.55. The highest BCUT2D eigenvalue weighted by Gasteiger charge is 2.34. The molecule has 3 saturated heterocycles. The molecule has 4 nitrogen and oxygen atoms in total. The number of pyridine rings is 1. The summed E-state index contributed by atoms with van der Waals surface area (Å²) in [7, 11) is 0. The molecule has 3 aliphatic heterocycles. The minimum absolute atomic E-state index is 0.580. The van der Waals surface area contributed by atoms with Gasteiger partial charge in [0.1, 0.15) is 11.6 Å². The van der Waals surface area contributed by atoms with Crippen LogP contribution in [0.2, 0.25) is 0 Å². The van der Waals surface area contributed by atoms with Gasteiger partial charge in [-0.1, -0.05) is 13.0 Å². The van der Waals surface area contributed by atoms with E-state index in [1.807, 2.05) is 6.07 Å². The number of piperidine rings is 3. The lowest BCUT2D eigenvalue weighted by Gasteiger charge is -2.45. The van der Waals surface area contributed by atoms with Gasteiger partial charge in [0.25, 0.3) is 0 Å². The van der Waals surface area contributed by atoms with Crippen molar-refractivity contribution in [1.82, 2.24) is 9.88 Å². The van der Waals surface area contributed by atoms with E-state index in [0.717, 1.165) is 30.5 Å². The van der Waals surface area contributed by atoms with Crippen LogP contribution in [-0.2, 0) is 0 Å². The fraction of sp³-hybridized carbons (Fsp3) is 0.667. The van der Waals surface area contributed by atoms with Gasteiger partial charge in [-0.05, 0) is 50.4 Å². The molecule has 1 aromatic rings. The van der Waals surface area contributed by atoms with Crippen LogP contribution in [0.5, 0.6) is 0 Å². The Morgan fingerprint density at radius 1 is 1.26 bits per heavy atom. The van der Waals surface area contributed by atoms with Gasteiger partial charge in [-0.3, -0.25) is 0 Å². The molecule has 0 amide bonds. The second-order valence-corrected chi connectivity index (χ2v) is 5.72. The lowest BCUT2D eigenvalue weighted by atomic mass is 9.84. The SMILES string of the molecule is CCCNc1cccc(NC2CN3CCC2CC3)n1. The summed E-state index contributed by atoms with van der Waals surface area (Å²) >= 11 is 0. The first-order chi connectivity index (χ1) is 9.35. The van der Waals surface area contributed by atoms with E-state index < -0.39 is 0 Å². The third-order valence-electron chi connectivity index (χ3n) is 4.29. The molecule has 2 N–H and O–H groups in total. The summed E-state index contributed by atoms with van der Waals surface area (Å²) in [5.74, 6) is 2.83. The molecule has 104 valence electrons. The number of hydrogen-bond donors (Lipinski definition) is 2. The molecule has 3 fully saturated rings. The molecular weight excluding hydrogens is 236 g/mol. The highest BCUT2D eigenvalue weighted by Crippen LogP contribution is 2.29. The predicted molar refractivity (Wildman–Crippen MR) is 79.6 cm³/mol. The van der Waals surface area contributed by atoms with Gasteiger partial charge < -0.3 is 15.5 Å². The van der Waals surface area contributed by atoms with Crippen LogP contribution in [0, 0.1) is 5.92 Å². The summed E-state index contributed by atoms with van der Waals surface area (Å²) in [6, 6.07) is 6.78. The Morgan fingerprint density at radius 3 is 2.74 bits per heavy atom. The maximum absolute atomic E-state index is 4.65. The largest absolute Gasteiger partial charge is 0.370 e. The lowest BCUT2D eigenvalue weighted by molar-refractivity contribution is 0.0974. The van der Waals surface area contributed by atoms with E-state index in [-0.39, 0.29) is 0 Å². The third-order valence-corrected chi connectivity index (χ3v) is 4.29. The molecular formula is C15H24N4. The van der Waals surface area contributed by atoms with Gasteiger partial charge in [0.2, 0.25) is 0 Å². The maximum Gasteiger partial charge on any atom is 0.128 e. The lowest BCUT2D eigenvalue weighted by Crippen LogP contribution is -2.53. The van der Waals surface area contributed by atoms with Gasteiger partial charge in [0.15, 0.2) is 0 Å². The Balaban J connectivity index is 1.63. The van der Waals surface area contributed by atoms with E-state index in [0.29, 0.717) is 6.04 Å². The molecule has 4 heterocycles. The predicted octanol–water partition coefficient (Wildman–Crippen LogP) is 2.41. The smallest absolute Gasteiger partial charge is 0.128 e. The summed E-state index contributed by atoms with van der Waals surface area (Å²) in [6.45, 7) is 6.90. The average molecular weight is 260 g/mol. The molecule has 1 atom stereocenters. The van der Waals surface area contributed by atoms with Gasteiger partial charge in [0.05, 0.1) is 0 Å². The summed E-state index contributed by atoms with van der Waals surface area (Å²) < 4.78 is 0. The van der Waals surface area contributed by atoms with Crippen LogP contribution in [0.3, 0.4) is 0 Å². The van der Waals surface area contributed by atoms with Crippen molar-refractivity contribution in [1.29, 1.82) is 0 Å². The molecule has 0 spiro atoms. The van der Waals surface area contributed by atoms with E-state index in [1.54, 1.807) is 0 Å². The van der Waals surface area contributed by atoms with Crippen molar-refractivity contribution >= 4 is 11.6 Å². The van der Waals surface area contributed by atoms with Crippen molar-refractivity contribution in [2.45, 2.75) is 32.2 Å². The molecule has 0 saturated carbocycles. The van der Waals surface area contributed by atoms with Crippen molar-refractivity contribution in [2.24, 2.45) is 5.92 Å². The Hall–Kier alpha value is -1.29. The Kier molecular flexibility index (Phi) is 3.87. The molecule has 19 heavy (non-hydrogen) atoms. The Morgan fingerprint density at radius 2 is 2.05 bits per heavy atom. The van der Waals surface area contributed by atoms with Crippen molar-refractivity contribution < 1.29 is 0 Å². The van der Waals surface area contributed by atoms with Crippen LogP contribution in [-0.4, -0.2) is 42.1 Å². The molecule has 4 rings (SSSR count). The van der Waals surface area contributed by atoms with Crippen molar-refractivity contribution in [3.05, 3.63) is 18.2 Å². The zero-order chi connectivity index (χ0) is 13.1. The summed E-state index contributed by atoms with van der Waals surface area (Å²) in [4.78, 5) is 7.21. The monoisotopic (exact) mass is 260 g/mol. The molecule has 2 bridgehead atoms.